The quantitative estimate of drug-likeness (QED) is 0.681. The van der Waals surface area contributed by atoms with Gasteiger partial charge in [-0.05, 0) is 49.4 Å². The van der Waals surface area contributed by atoms with Crippen LogP contribution in [0.1, 0.15) is 28.5 Å². The second-order valence-electron chi connectivity index (χ2n) is 5.42. The SMILES string of the molecule is C=C(c1cc(C(=O)OC)ccn1)N(/C=C\C)CCc1ccc(Cl)cc1. The Balaban J connectivity index is 2.14. The molecule has 25 heavy (non-hydrogen) atoms. The van der Waals surface area contributed by atoms with Gasteiger partial charge < -0.3 is 9.64 Å². The van der Waals surface area contributed by atoms with Crippen molar-refractivity contribution in [1.82, 2.24) is 9.88 Å². The molecule has 0 aliphatic carbocycles. The fourth-order valence-corrected chi connectivity index (χ4v) is 2.49. The van der Waals surface area contributed by atoms with Crippen LogP contribution >= 0.6 is 11.6 Å². The number of allylic oxidation sites excluding steroid dienone is 1. The van der Waals surface area contributed by atoms with E-state index in [-0.39, 0.29) is 0 Å². The molecular weight excluding hydrogens is 336 g/mol. The van der Waals surface area contributed by atoms with Crippen molar-refractivity contribution >= 4 is 23.3 Å². The summed E-state index contributed by atoms with van der Waals surface area (Å²) < 4.78 is 4.76. The molecule has 5 heteroatoms. The number of carbonyl (C=O) groups is 1. The van der Waals surface area contributed by atoms with Crippen LogP contribution in [0.15, 0.2) is 61.4 Å². The van der Waals surface area contributed by atoms with E-state index in [0.717, 1.165) is 23.7 Å². The standard InChI is InChI=1S/C20H21ClN2O2/c1-4-12-23(13-10-16-5-7-18(21)8-6-16)15(2)19-14-17(9-11-22-19)20(24)25-3/h4-9,11-12,14H,2,10,13H2,1,3H3/b12-4-. The zero-order valence-corrected chi connectivity index (χ0v) is 15.2. The zero-order chi connectivity index (χ0) is 18.2. The summed E-state index contributed by atoms with van der Waals surface area (Å²) in [7, 11) is 1.36. The lowest BCUT2D eigenvalue weighted by molar-refractivity contribution is 0.0600. The maximum Gasteiger partial charge on any atom is 0.337 e. The summed E-state index contributed by atoms with van der Waals surface area (Å²) in [5, 5.41) is 0.724. The van der Waals surface area contributed by atoms with Crippen LogP contribution in [0.25, 0.3) is 5.70 Å². The number of esters is 1. The number of hydrogen-bond acceptors (Lipinski definition) is 4. The van der Waals surface area contributed by atoms with Crippen molar-refractivity contribution in [3.8, 4) is 0 Å². The van der Waals surface area contributed by atoms with Gasteiger partial charge in [-0.3, -0.25) is 4.98 Å². The van der Waals surface area contributed by atoms with Gasteiger partial charge in [-0.2, -0.15) is 0 Å². The van der Waals surface area contributed by atoms with Crippen LogP contribution in [0.2, 0.25) is 5.02 Å². The second kappa shape index (κ2) is 9.04. The Bertz CT molecular complexity index is 770. The monoisotopic (exact) mass is 356 g/mol. The lowest BCUT2D eigenvalue weighted by Crippen LogP contribution is -2.19. The summed E-state index contributed by atoms with van der Waals surface area (Å²) >= 11 is 5.93. The first-order valence-electron chi connectivity index (χ1n) is 7.92. The average molecular weight is 357 g/mol. The summed E-state index contributed by atoms with van der Waals surface area (Å²) in [6.07, 6.45) is 6.30. The van der Waals surface area contributed by atoms with Crippen molar-refractivity contribution in [2.45, 2.75) is 13.3 Å². The molecule has 1 heterocycles. The number of nitrogens with zero attached hydrogens (tertiary/aromatic N) is 2. The van der Waals surface area contributed by atoms with E-state index >= 15 is 0 Å². The van der Waals surface area contributed by atoms with Crippen LogP contribution in [0.5, 0.6) is 0 Å². The number of methoxy groups -OCH3 is 1. The van der Waals surface area contributed by atoms with Gasteiger partial charge in [0.2, 0.25) is 0 Å². The molecule has 2 aromatic rings. The molecule has 0 radical (unpaired) electrons. The van der Waals surface area contributed by atoms with Crippen LogP contribution in [0, 0.1) is 0 Å². The molecule has 0 aliphatic rings. The van der Waals surface area contributed by atoms with Gasteiger partial charge in [-0.15, -0.1) is 0 Å². The van der Waals surface area contributed by atoms with Crippen molar-refractivity contribution in [3.05, 3.63) is 83.3 Å². The minimum Gasteiger partial charge on any atom is -0.465 e. The van der Waals surface area contributed by atoms with Gasteiger partial charge in [0.15, 0.2) is 0 Å². The van der Waals surface area contributed by atoms with Gasteiger partial charge >= 0.3 is 5.97 Å². The first kappa shape index (κ1) is 18.7. The molecule has 4 nitrogen and oxygen atoms in total. The molecule has 130 valence electrons. The number of aromatic nitrogens is 1. The van der Waals surface area contributed by atoms with Gasteiger partial charge in [0.25, 0.3) is 0 Å². The van der Waals surface area contributed by atoms with E-state index in [4.69, 9.17) is 16.3 Å². The van der Waals surface area contributed by atoms with Crippen LogP contribution in [0.3, 0.4) is 0 Å². The van der Waals surface area contributed by atoms with Gasteiger partial charge in [-0.25, -0.2) is 4.79 Å². The number of ether oxygens (including phenoxy) is 1. The molecule has 0 saturated carbocycles. The summed E-state index contributed by atoms with van der Waals surface area (Å²) in [4.78, 5) is 18.0. The predicted octanol–water partition coefficient (Wildman–Crippen LogP) is 4.57. The number of hydrogen-bond donors (Lipinski definition) is 0. The zero-order valence-electron chi connectivity index (χ0n) is 14.4. The normalized spacial score (nSPS) is 10.7. The highest BCUT2D eigenvalue weighted by atomic mass is 35.5. The number of carbonyl (C=O) groups excluding carboxylic acids is 1. The topological polar surface area (TPSA) is 42.4 Å². The fourth-order valence-electron chi connectivity index (χ4n) is 2.36. The summed E-state index contributed by atoms with van der Waals surface area (Å²) in [6.45, 7) is 6.81. The van der Waals surface area contributed by atoms with Crippen molar-refractivity contribution in [1.29, 1.82) is 0 Å². The maximum absolute atomic E-state index is 11.7. The highest BCUT2D eigenvalue weighted by Crippen LogP contribution is 2.19. The molecule has 0 bridgehead atoms. The van der Waals surface area contributed by atoms with E-state index < -0.39 is 5.97 Å². The Kier molecular flexibility index (Phi) is 6.78. The Morgan fingerprint density at radius 1 is 1.32 bits per heavy atom. The summed E-state index contributed by atoms with van der Waals surface area (Å²) in [5.41, 5.74) is 2.99. The molecule has 0 saturated heterocycles. The van der Waals surface area contributed by atoms with Gasteiger partial charge in [0, 0.05) is 17.8 Å². The second-order valence-corrected chi connectivity index (χ2v) is 5.86. The highest BCUT2D eigenvalue weighted by Gasteiger charge is 2.12. The smallest absolute Gasteiger partial charge is 0.337 e. The number of halogens is 1. The van der Waals surface area contributed by atoms with Gasteiger partial charge in [-0.1, -0.05) is 36.4 Å². The van der Waals surface area contributed by atoms with Crippen LogP contribution in [0.4, 0.5) is 0 Å². The van der Waals surface area contributed by atoms with E-state index in [1.54, 1.807) is 18.3 Å². The summed E-state index contributed by atoms with van der Waals surface area (Å²) in [6, 6.07) is 11.1. The first-order chi connectivity index (χ1) is 12.0. The van der Waals surface area contributed by atoms with Crippen molar-refractivity contribution < 1.29 is 9.53 Å². The Hall–Kier alpha value is -2.59. The minimum absolute atomic E-state index is 0.393. The van der Waals surface area contributed by atoms with Crippen molar-refractivity contribution in [2.24, 2.45) is 0 Å². The molecule has 0 fully saturated rings. The predicted molar refractivity (Wildman–Crippen MR) is 101 cm³/mol. The molecule has 1 aromatic carbocycles. The average Bonchev–Trinajstić information content (AvgIpc) is 2.65. The van der Waals surface area contributed by atoms with Gasteiger partial charge in [0.05, 0.1) is 24.1 Å². The van der Waals surface area contributed by atoms with E-state index in [0.29, 0.717) is 11.3 Å². The van der Waals surface area contributed by atoms with Crippen LogP contribution in [-0.2, 0) is 11.2 Å². The lowest BCUT2D eigenvalue weighted by Gasteiger charge is -2.22. The van der Waals surface area contributed by atoms with Crippen LogP contribution in [-0.4, -0.2) is 29.5 Å². The number of rotatable bonds is 7. The van der Waals surface area contributed by atoms with Gasteiger partial charge in [0.1, 0.15) is 0 Å². The minimum atomic E-state index is -0.393. The molecular formula is C20H21ClN2O2. The van der Waals surface area contributed by atoms with E-state index in [9.17, 15) is 4.79 Å². The molecule has 0 aliphatic heterocycles. The van der Waals surface area contributed by atoms with Crippen molar-refractivity contribution in [2.75, 3.05) is 13.7 Å². The number of benzene rings is 1. The maximum atomic E-state index is 11.7. The summed E-state index contributed by atoms with van der Waals surface area (Å²) in [5.74, 6) is -0.393. The van der Waals surface area contributed by atoms with E-state index in [1.165, 1.54) is 12.7 Å². The largest absolute Gasteiger partial charge is 0.465 e. The third-order valence-corrected chi connectivity index (χ3v) is 3.96. The number of pyridine rings is 1. The Labute approximate surface area is 153 Å². The van der Waals surface area contributed by atoms with Crippen molar-refractivity contribution in [3.63, 3.8) is 0 Å². The third-order valence-electron chi connectivity index (χ3n) is 3.71. The first-order valence-corrected chi connectivity index (χ1v) is 8.30. The Morgan fingerprint density at radius 2 is 2.04 bits per heavy atom. The molecule has 0 amide bonds. The highest BCUT2D eigenvalue weighted by molar-refractivity contribution is 6.30. The van der Waals surface area contributed by atoms with Crippen LogP contribution < -0.4 is 0 Å². The molecule has 2 rings (SSSR count). The molecule has 0 unspecified atom stereocenters. The molecule has 0 N–H and O–H groups in total. The Morgan fingerprint density at radius 3 is 2.68 bits per heavy atom. The third kappa shape index (κ3) is 5.19. The van der Waals surface area contributed by atoms with E-state index in [1.807, 2.05) is 48.4 Å². The van der Waals surface area contributed by atoms with E-state index in [2.05, 4.69) is 11.6 Å². The molecule has 0 atom stereocenters. The molecule has 0 spiro atoms. The fraction of sp³-hybridized carbons (Fsp3) is 0.200. The molecule has 1 aromatic heterocycles. The lowest BCUT2D eigenvalue weighted by atomic mass is 10.1.